The van der Waals surface area contributed by atoms with Gasteiger partial charge in [0.05, 0.1) is 43.7 Å². The van der Waals surface area contributed by atoms with Crippen LogP contribution in [0.1, 0.15) is 48.0 Å². The van der Waals surface area contributed by atoms with E-state index < -0.39 is 31.1 Å². The minimum Gasteiger partial charge on any atom is -0.780 e. The molecule has 2 saturated heterocycles. The first-order valence-corrected chi connectivity index (χ1v) is 12.4. The third-order valence-corrected chi connectivity index (χ3v) is 6.19. The normalized spacial score (nSPS) is 38.4. The van der Waals surface area contributed by atoms with Gasteiger partial charge < -0.3 is 38.0 Å². The lowest BCUT2D eigenvalue weighted by Gasteiger charge is -2.34. The molecule has 0 saturated carbocycles. The average molecular weight is 442 g/mol. The van der Waals surface area contributed by atoms with Gasteiger partial charge in [-0.05, 0) is 41.5 Å². The molecule has 8 nitrogen and oxygen atoms in total. The summed E-state index contributed by atoms with van der Waals surface area (Å²) in [5.41, 5.74) is 0. The van der Waals surface area contributed by atoms with Gasteiger partial charge in [-0.3, -0.25) is 0 Å². The molecule has 0 aromatic rings. The molecule has 0 aromatic carbocycles. The predicted molar refractivity (Wildman–Crippen MR) is 106 cm³/mol. The fourth-order valence-electron chi connectivity index (χ4n) is 3.38. The van der Waals surface area contributed by atoms with Crippen molar-refractivity contribution in [2.24, 2.45) is 0 Å². The van der Waals surface area contributed by atoms with Crippen LogP contribution in [0.2, 0.25) is 0 Å². The number of hydrogen-bond donors (Lipinski definition) is 1. The van der Waals surface area contributed by atoms with E-state index in [0.29, 0.717) is 0 Å². The van der Waals surface area contributed by atoms with Crippen molar-refractivity contribution < 1.29 is 38.0 Å². The van der Waals surface area contributed by atoms with Crippen LogP contribution < -0.4 is 4.89 Å². The van der Waals surface area contributed by atoms with Crippen molar-refractivity contribution in [2.75, 3.05) is 13.2 Å². The Bertz CT molecular complexity index is 534. The molecule has 0 radical (unpaired) electrons. The van der Waals surface area contributed by atoms with E-state index in [4.69, 9.17) is 39.8 Å². The number of hydrogen-bond acceptors (Lipinski definition) is 9. The van der Waals surface area contributed by atoms with Crippen molar-refractivity contribution in [2.45, 2.75) is 103 Å². The van der Waals surface area contributed by atoms with Gasteiger partial charge >= 0.3 is 0 Å². The van der Waals surface area contributed by atoms with Gasteiger partial charge in [0.1, 0.15) is 31.1 Å². The molecule has 2 unspecified atom stereocenters. The zero-order valence-corrected chi connectivity index (χ0v) is 19.2. The standard InChI is InChI=1S/C18H35O8PS/c1-10(2)21-8-16-18(17(19)13(6)25-16)26-27(20,28)22-9-15-14(23-11(3)4)7-12(5)24-15/h10-19H,7-9H2,1-6H3,(H,20,28)/p-1/t12-,13-,14+,15+,16+,17?,18-,27?/m0/s1. The molecule has 2 aliphatic rings. The molecule has 166 valence electrons. The summed E-state index contributed by atoms with van der Waals surface area (Å²) in [5, 5.41) is 10.3. The van der Waals surface area contributed by atoms with Gasteiger partial charge in [0.25, 0.3) is 0 Å². The molecule has 2 fully saturated rings. The van der Waals surface area contributed by atoms with Gasteiger partial charge in [-0.15, -0.1) is 0 Å². The Kier molecular flexibility index (Phi) is 9.29. The highest BCUT2D eigenvalue weighted by Crippen LogP contribution is 2.44. The highest BCUT2D eigenvalue weighted by Gasteiger charge is 2.44. The van der Waals surface area contributed by atoms with Gasteiger partial charge in [-0.1, -0.05) is 11.8 Å². The van der Waals surface area contributed by atoms with Crippen LogP contribution in [0.4, 0.5) is 0 Å². The van der Waals surface area contributed by atoms with E-state index in [1.807, 2.05) is 34.6 Å². The smallest absolute Gasteiger partial charge is 0.121 e. The van der Waals surface area contributed by atoms with Crippen molar-refractivity contribution in [3.05, 3.63) is 0 Å². The summed E-state index contributed by atoms with van der Waals surface area (Å²) in [6, 6.07) is 0. The first-order valence-electron chi connectivity index (χ1n) is 9.88. The molecule has 2 heterocycles. The summed E-state index contributed by atoms with van der Waals surface area (Å²) in [4.78, 5) is 12.7. The summed E-state index contributed by atoms with van der Waals surface area (Å²) in [6.07, 6.45) is -2.66. The molecule has 2 rings (SSSR count). The summed E-state index contributed by atoms with van der Waals surface area (Å²) in [6.45, 7) is 7.67. The molecule has 0 bridgehead atoms. The molecule has 2 aliphatic heterocycles. The van der Waals surface area contributed by atoms with Crippen molar-refractivity contribution >= 4 is 18.5 Å². The maximum atomic E-state index is 12.7. The molecule has 0 aromatic heterocycles. The Morgan fingerprint density at radius 2 is 1.79 bits per heavy atom. The van der Waals surface area contributed by atoms with Crippen molar-refractivity contribution in [1.29, 1.82) is 0 Å². The van der Waals surface area contributed by atoms with Crippen molar-refractivity contribution in [3.8, 4) is 0 Å². The van der Waals surface area contributed by atoms with Crippen LogP contribution in [0.5, 0.6) is 0 Å². The Morgan fingerprint density at radius 3 is 2.39 bits per heavy atom. The Labute approximate surface area is 173 Å². The molecular weight excluding hydrogens is 407 g/mol. The lowest BCUT2D eigenvalue weighted by molar-refractivity contribution is -0.218. The summed E-state index contributed by atoms with van der Waals surface area (Å²) < 4.78 is 33.8. The van der Waals surface area contributed by atoms with Crippen LogP contribution in [-0.4, -0.2) is 73.3 Å². The van der Waals surface area contributed by atoms with Gasteiger partial charge in [0.2, 0.25) is 0 Å². The van der Waals surface area contributed by atoms with Gasteiger partial charge in [0.15, 0.2) is 0 Å². The lowest BCUT2D eigenvalue weighted by atomic mass is 10.1. The molecular formula is C18H34O8PS-. The monoisotopic (exact) mass is 441 g/mol. The first-order chi connectivity index (χ1) is 13.0. The molecule has 10 heteroatoms. The van der Waals surface area contributed by atoms with Crippen LogP contribution >= 0.6 is 6.72 Å². The maximum absolute atomic E-state index is 12.7. The fourth-order valence-corrected chi connectivity index (χ4v) is 4.81. The summed E-state index contributed by atoms with van der Waals surface area (Å²) >= 11 is 5.06. The van der Waals surface area contributed by atoms with E-state index >= 15 is 0 Å². The third kappa shape index (κ3) is 7.23. The number of rotatable bonds is 10. The molecule has 8 atom stereocenters. The third-order valence-electron chi connectivity index (χ3n) is 4.65. The first kappa shape index (κ1) is 24.6. The molecule has 0 aliphatic carbocycles. The Hall–Kier alpha value is 0.330. The number of aliphatic hydroxyl groups excluding tert-OH is 1. The Morgan fingerprint density at radius 1 is 1.11 bits per heavy atom. The van der Waals surface area contributed by atoms with Gasteiger partial charge in [0, 0.05) is 6.42 Å². The van der Waals surface area contributed by atoms with E-state index in [1.54, 1.807) is 6.92 Å². The van der Waals surface area contributed by atoms with E-state index in [-0.39, 0.29) is 43.7 Å². The second kappa shape index (κ2) is 10.6. The average Bonchev–Trinajstić information content (AvgIpc) is 3.04. The SMILES string of the molecule is CC(C)OC[C@H]1O[C@@H](C)C(O)[C@H]1OP([O-])(=S)OC[C@H]1O[C@@H](C)C[C@H]1OC(C)C. The number of ether oxygens (including phenoxy) is 4. The molecule has 0 amide bonds. The minimum atomic E-state index is -3.87. The maximum Gasteiger partial charge on any atom is 0.121 e. The van der Waals surface area contributed by atoms with Gasteiger partial charge in [-0.25, -0.2) is 0 Å². The minimum absolute atomic E-state index is 0.00507. The second-order valence-corrected chi connectivity index (χ2v) is 10.7. The predicted octanol–water partition coefficient (Wildman–Crippen LogP) is 1.52. The van der Waals surface area contributed by atoms with Crippen LogP contribution in [0.25, 0.3) is 0 Å². The quantitative estimate of drug-likeness (QED) is 0.506. The van der Waals surface area contributed by atoms with Crippen LogP contribution in [0.15, 0.2) is 0 Å². The van der Waals surface area contributed by atoms with Gasteiger partial charge in [-0.2, -0.15) is 0 Å². The highest BCUT2D eigenvalue weighted by atomic mass is 32.5. The van der Waals surface area contributed by atoms with E-state index in [0.717, 1.165) is 6.42 Å². The molecule has 0 spiro atoms. The molecule has 28 heavy (non-hydrogen) atoms. The zero-order valence-electron chi connectivity index (χ0n) is 17.5. The fraction of sp³-hybridized carbons (Fsp3) is 1.00. The van der Waals surface area contributed by atoms with Crippen molar-refractivity contribution in [3.63, 3.8) is 0 Å². The molecule has 1 N–H and O–H groups in total. The number of aliphatic hydroxyl groups is 1. The summed E-state index contributed by atoms with van der Waals surface area (Å²) in [7, 11) is 0. The van der Waals surface area contributed by atoms with E-state index in [9.17, 15) is 10.00 Å². The highest BCUT2D eigenvalue weighted by molar-refractivity contribution is 8.06. The second-order valence-electron chi connectivity index (χ2n) is 8.01. The van der Waals surface area contributed by atoms with Crippen LogP contribution in [0.3, 0.4) is 0 Å². The zero-order chi connectivity index (χ0) is 21.1. The van der Waals surface area contributed by atoms with E-state index in [1.165, 1.54) is 0 Å². The van der Waals surface area contributed by atoms with E-state index in [2.05, 4.69) is 0 Å². The topological polar surface area (TPSA) is 98.7 Å². The van der Waals surface area contributed by atoms with Crippen LogP contribution in [-0.2, 0) is 39.8 Å². The lowest BCUT2D eigenvalue weighted by Crippen LogP contribution is -2.38. The van der Waals surface area contributed by atoms with Crippen LogP contribution in [0, 0.1) is 0 Å². The Balaban J connectivity index is 1.93. The van der Waals surface area contributed by atoms with Crippen molar-refractivity contribution in [1.82, 2.24) is 0 Å². The summed E-state index contributed by atoms with van der Waals surface area (Å²) in [5.74, 6) is 0. The largest absolute Gasteiger partial charge is 0.780 e.